The zero-order valence-electron chi connectivity index (χ0n) is 16.9. The van der Waals surface area contributed by atoms with Crippen molar-refractivity contribution in [3.8, 4) is 0 Å². The molecule has 0 spiro atoms. The normalized spacial score (nSPS) is 41.8. The molecule has 9 nitrogen and oxygen atoms in total. The molecule has 4 rings (SSSR count). The highest BCUT2D eigenvalue weighted by atomic mass is 32.2. The Kier molecular flexibility index (Phi) is 6.36. The first-order valence-corrected chi connectivity index (χ1v) is 12.1. The van der Waals surface area contributed by atoms with Gasteiger partial charge in [0, 0.05) is 32.7 Å². The summed E-state index contributed by atoms with van der Waals surface area (Å²) in [4.78, 5) is 0. The second kappa shape index (κ2) is 8.43. The molecule has 1 saturated carbocycles. The zero-order chi connectivity index (χ0) is 21.7. The lowest BCUT2D eigenvalue weighted by Gasteiger charge is -2.40. The molecule has 7 unspecified atom stereocenters. The Morgan fingerprint density at radius 2 is 1.90 bits per heavy atom. The van der Waals surface area contributed by atoms with Crippen molar-refractivity contribution < 1.29 is 26.7 Å². The molecule has 0 aromatic carbocycles. The molecule has 3 saturated heterocycles. The topological polar surface area (TPSA) is 109 Å². The van der Waals surface area contributed by atoms with Crippen LogP contribution in [0.5, 0.6) is 0 Å². The summed E-state index contributed by atoms with van der Waals surface area (Å²) in [6.07, 6.45) is -4.32. The van der Waals surface area contributed by atoms with E-state index in [-0.39, 0.29) is 44.4 Å². The number of hydrazine groups is 2. The second-order valence-corrected chi connectivity index (χ2v) is 10.9. The molecular formula is C17H31F3N6O3S. The highest BCUT2D eigenvalue weighted by molar-refractivity contribution is 7.90. The molecule has 0 aromatic heterocycles. The predicted octanol–water partition coefficient (Wildman–Crippen LogP) is -1.06. The Hall–Kier alpha value is -0.540. The molecule has 4 fully saturated rings. The standard InChI is InChI=1S/C17H31F3N6O3S/c1-25-16-10(7-22-25)2-3-13(27)15(16)24-30(28,29)12-8-23-26(9-12)14-6-11(4-5-21-14)17(18,19)20/h10-16,21-24,27H,2-9H2,1H3. The molecule has 0 aromatic rings. The minimum Gasteiger partial charge on any atom is -0.391 e. The highest BCUT2D eigenvalue weighted by Crippen LogP contribution is 2.35. The van der Waals surface area contributed by atoms with Crippen LogP contribution in [0, 0.1) is 11.8 Å². The Labute approximate surface area is 174 Å². The van der Waals surface area contributed by atoms with Crippen LogP contribution >= 0.6 is 0 Å². The maximum atomic E-state index is 13.1. The number of nitrogens with zero attached hydrogens (tertiary/aromatic N) is 2. The lowest BCUT2D eigenvalue weighted by molar-refractivity contribution is -0.187. The number of aliphatic hydroxyl groups excluding tert-OH is 1. The molecular weight excluding hydrogens is 425 g/mol. The summed E-state index contributed by atoms with van der Waals surface area (Å²) < 4.78 is 68.1. The second-order valence-electron chi connectivity index (χ2n) is 8.93. The molecule has 0 radical (unpaired) electrons. The minimum atomic E-state index is -4.25. The number of hydrogen-bond acceptors (Lipinski definition) is 8. The molecule has 3 heterocycles. The van der Waals surface area contributed by atoms with E-state index >= 15 is 0 Å². The van der Waals surface area contributed by atoms with Gasteiger partial charge in [-0.15, -0.1) is 0 Å². The number of nitrogens with one attached hydrogen (secondary N) is 4. The van der Waals surface area contributed by atoms with Crippen molar-refractivity contribution in [1.82, 2.24) is 30.9 Å². The van der Waals surface area contributed by atoms with E-state index in [1.54, 1.807) is 5.01 Å². The average Bonchev–Trinajstić information content (AvgIpc) is 3.32. The van der Waals surface area contributed by atoms with Gasteiger partial charge in [0.25, 0.3) is 0 Å². The molecule has 0 bridgehead atoms. The summed E-state index contributed by atoms with van der Waals surface area (Å²) in [5.74, 6) is -1.13. The van der Waals surface area contributed by atoms with Crippen LogP contribution in [-0.2, 0) is 10.0 Å². The summed E-state index contributed by atoms with van der Waals surface area (Å²) in [5, 5.41) is 16.2. The third kappa shape index (κ3) is 4.49. The van der Waals surface area contributed by atoms with Gasteiger partial charge in [-0.1, -0.05) is 0 Å². The molecule has 1 aliphatic carbocycles. The third-order valence-corrected chi connectivity index (χ3v) is 8.82. The van der Waals surface area contributed by atoms with Crippen molar-refractivity contribution in [1.29, 1.82) is 0 Å². The summed E-state index contributed by atoms with van der Waals surface area (Å²) in [6, 6.07) is -0.758. The van der Waals surface area contributed by atoms with Gasteiger partial charge in [0.05, 0.1) is 24.2 Å². The summed E-state index contributed by atoms with van der Waals surface area (Å²) in [5.41, 5.74) is 6.16. The number of alkyl halides is 3. The highest BCUT2D eigenvalue weighted by Gasteiger charge is 2.48. The van der Waals surface area contributed by atoms with E-state index in [4.69, 9.17) is 0 Å². The monoisotopic (exact) mass is 456 g/mol. The molecule has 0 amide bonds. The molecule has 13 heteroatoms. The molecule has 30 heavy (non-hydrogen) atoms. The van der Waals surface area contributed by atoms with E-state index in [2.05, 4.69) is 20.9 Å². The fourth-order valence-corrected chi connectivity index (χ4v) is 6.80. The Morgan fingerprint density at radius 1 is 1.13 bits per heavy atom. The zero-order valence-corrected chi connectivity index (χ0v) is 17.7. The number of sulfonamides is 1. The Morgan fingerprint density at radius 3 is 2.63 bits per heavy atom. The predicted molar refractivity (Wildman–Crippen MR) is 103 cm³/mol. The van der Waals surface area contributed by atoms with Gasteiger partial charge in [0.1, 0.15) is 5.25 Å². The fourth-order valence-electron chi connectivity index (χ4n) is 5.28. The minimum absolute atomic E-state index is 0.0286. The first-order valence-electron chi connectivity index (χ1n) is 10.5. The average molecular weight is 457 g/mol. The van der Waals surface area contributed by atoms with E-state index in [0.717, 1.165) is 13.0 Å². The van der Waals surface area contributed by atoms with Crippen LogP contribution in [-0.4, -0.2) is 92.5 Å². The first-order chi connectivity index (χ1) is 14.1. The van der Waals surface area contributed by atoms with Gasteiger partial charge < -0.3 is 10.4 Å². The number of fused-ring (bicyclic) bond motifs is 1. The molecule has 3 aliphatic heterocycles. The molecule has 174 valence electrons. The number of aliphatic hydroxyl groups is 1. The van der Waals surface area contributed by atoms with Crippen molar-refractivity contribution >= 4 is 10.0 Å². The molecule has 4 aliphatic rings. The van der Waals surface area contributed by atoms with Crippen LogP contribution in [0.1, 0.15) is 25.7 Å². The van der Waals surface area contributed by atoms with Crippen molar-refractivity contribution in [2.24, 2.45) is 11.8 Å². The van der Waals surface area contributed by atoms with Crippen LogP contribution in [0.15, 0.2) is 0 Å². The molecule has 7 atom stereocenters. The lowest BCUT2D eigenvalue weighted by atomic mass is 9.80. The number of likely N-dealkylation sites (N-methyl/N-ethyl adjacent to an activating group) is 1. The van der Waals surface area contributed by atoms with Crippen LogP contribution in [0.25, 0.3) is 0 Å². The van der Waals surface area contributed by atoms with Crippen molar-refractivity contribution in [2.75, 3.05) is 33.2 Å². The van der Waals surface area contributed by atoms with Crippen LogP contribution in [0.3, 0.4) is 0 Å². The van der Waals surface area contributed by atoms with Crippen LogP contribution < -0.4 is 20.9 Å². The molecule has 5 N–H and O–H groups in total. The van der Waals surface area contributed by atoms with E-state index in [1.165, 1.54) is 0 Å². The lowest BCUT2D eigenvalue weighted by Crippen LogP contribution is -2.60. The van der Waals surface area contributed by atoms with Crippen LogP contribution in [0.4, 0.5) is 13.2 Å². The third-order valence-electron chi connectivity index (χ3n) is 7.03. The maximum Gasteiger partial charge on any atom is 0.391 e. The van der Waals surface area contributed by atoms with Gasteiger partial charge in [-0.3, -0.25) is 10.9 Å². The van der Waals surface area contributed by atoms with Gasteiger partial charge in [-0.2, -0.15) is 13.2 Å². The quantitative estimate of drug-likeness (QED) is 0.364. The van der Waals surface area contributed by atoms with Crippen molar-refractivity contribution in [3.63, 3.8) is 0 Å². The fraction of sp³-hybridized carbons (Fsp3) is 1.00. The van der Waals surface area contributed by atoms with Gasteiger partial charge in [0.2, 0.25) is 10.0 Å². The van der Waals surface area contributed by atoms with Gasteiger partial charge >= 0.3 is 6.18 Å². The maximum absolute atomic E-state index is 13.1. The van der Waals surface area contributed by atoms with Gasteiger partial charge in [-0.25, -0.2) is 23.2 Å². The summed E-state index contributed by atoms with van der Waals surface area (Å²) >= 11 is 0. The number of halogens is 3. The SMILES string of the molecule is CN1NCC2CCC(O)C(NS(=O)(=O)C3CNN(C4CC(C(F)(F)F)CCN4)C3)C21. The Bertz CT molecular complexity index is 726. The number of piperidine rings is 1. The van der Waals surface area contributed by atoms with E-state index in [1.807, 2.05) is 12.1 Å². The van der Waals surface area contributed by atoms with E-state index in [0.29, 0.717) is 6.42 Å². The van der Waals surface area contributed by atoms with Gasteiger partial charge in [0.15, 0.2) is 0 Å². The van der Waals surface area contributed by atoms with Crippen LogP contribution in [0.2, 0.25) is 0 Å². The smallest absolute Gasteiger partial charge is 0.391 e. The summed E-state index contributed by atoms with van der Waals surface area (Å²) in [6.45, 7) is 1.19. The number of rotatable bonds is 4. The number of hydrogen-bond donors (Lipinski definition) is 5. The van der Waals surface area contributed by atoms with Crippen molar-refractivity contribution in [3.05, 3.63) is 0 Å². The largest absolute Gasteiger partial charge is 0.391 e. The van der Waals surface area contributed by atoms with E-state index in [9.17, 15) is 26.7 Å². The summed E-state index contributed by atoms with van der Waals surface area (Å²) in [7, 11) is -1.94. The van der Waals surface area contributed by atoms with Gasteiger partial charge in [-0.05, 0) is 38.1 Å². The van der Waals surface area contributed by atoms with E-state index < -0.39 is 45.7 Å². The Balaban J connectivity index is 1.39. The van der Waals surface area contributed by atoms with Crippen molar-refractivity contribution in [2.45, 2.75) is 61.5 Å². The first kappa shape index (κ1) is 22.6.